The van der Waals surface area contributed by atoms with Crippen molar-refractivity contribution in [1.82, 2.24) is 9.55 Å². The largest absolute Gasteiger partial charge is 0.482 e. The molecule has 0 radical (unpaired) electrons. The molecule has 1 aromatic carbocycles. The Hall–Kier alpha value is -3.19. The lowest BCUT2D eigenvalue weighted by Gasteiger charge is -2.18. The fourth-order valence-corrected chi connectivity index (χ4v) is 3.67. The highest BCUT2D eigenvalue weighted by Crippen LogP contribution is 2.33. The van der Waals surface area contributed by atoms with Crippen LogP contribution in [0.2, 0.25) is 0 Å². The van der Waals surface area contributed by atoms with Crippen molar-refractivity contribution < 1.29 is 9.53 Å². The standard InChI is InChI=1S/C19H16N4O2S/c1-2-8-23-16(12-26-19(23)21-14-4-3-7-20-10-14)13-5-6-17-15(9-13)22-18(24)11-25-17/h2-7,9-10,12H,1,8,11H2,(H,22,24). The predicted octanol–water partition coefficient (Wildman–Crippen LogP) is 3.36. The van der Waals surface area contributed by atoms with E-state index in [-0.39, 0.29) is 12.5 Å². The van der Waals surface area contributed by atoms with E-state index in [1.807, 2.05) is 41.8 Å². The van der Waals surface area contributed by atoms with Crippen molar-refractivity contribution in [2.45, 2.75) is 6.54 Å². The van der Waals surface area contributed by atoms with Gasteiger partial charge in [-0.1, -0.05) is 6.08 Å². The van der Waals surface area contributed by atoms with Gasteiger partial charge in [0.25, 0.3) is 5.91 Å². The summed E-state index contributed by atoms with van der Waals surface area (Å²) < 4.78 is 7.51. The maximum atomic E-state index is 11.6. The molecule has 0 saturated carbocycles. The summed E-state index contributed by atoms with van der Waals surface area (Å²) in [6.07, 6.45) is 5.28. The minimum absolute atomic E-state index is 0.0510. The molecule has 0 atom stereocenters. The van der Waals surface area contributed by atoms with Crippen LogP contribution in [0.25, 0.3) is 11.3 Å². The van der Waals surface area contributed by atoms with E-state index in [0.717, 1.165) is 21.7 Å². The van der Waals surface area contributed by atoms with Crippen molar-refractivity contribution >= 4 is 28.6 Å². The highest BCUT2D eigenvalue weighted by molar-refractivity contribution is 7.07. The number of amides is 1. The summed E-state index contributed by atoms with van der Waals surface area (Å²) >= 11 is 1.55. The zero-order valence-electron chi connectivity index (χ0n) is 13.9. The van der Waals surface area contributed by atoms with Gasteiger partial charge in [-0.2, -0.15) is 0 Å². The normalized spacial score (nSPS) is 13.7. The summed E-state index contributed by atoms with van der Waals surface area (Å²) in [5, 5.41) is 4.89. The minimum Gasteiger partial charge on any atom is -0.482 e. The lowest BCUT2D eigenvalue weighted by molar-refractivity contribution is -0.118. The Labute approximate surface area is 154 Å². The molecule has 0 bridgehead atoms. The van der Waals surface area contributed by atoms with Gasteiger partial charge in [0.05, 0.1) is 23.3 Å². The molecule has 4 rings (SSSR count). The number of carbonyl (C=O) groups is 1. The van der Waals surface area contributed by atoms with Gasteiger partial charge < -0.3 is 14.6 Å². The molecule has 0 fully saturated rings. The van der Waals surface area contributed by atoms with Gasteiger partial charge in [0.1, 0.15) is 5.75 Å². The van der Waals surface area contributed by atoms with Crippen LogP contribution in [0.1, 0.15) is 0 Å². The van der Waals surface area contributed by atoms with Crippen LogP contribution < -0.4 is 14.9 Å². The van der Waals surface area contributed by atoms with Crippen molar-refractivity contribution in [2.75, 3.05) is 11.9 Å². The van der Waals surface area contributed by atoms with E-state index in [9.17, 15) is 4.79 Å². The number of ether oxygens (including phenoxy) is 1. The first-order valence-electron chi connectivity index (χ1n) is 8.05. The van der Waals surface area contributed by atoms with E-state index in [0.29, 0.717) is 18.0 Å². The predicted molar refractivity (Wildman–Crippen MR) is 102 cm³/mol. The molecule has 1 aliphatic rings. The highest BCUT2D eigenvalue weighted by Gasteiger charge is 2.17. The Bertz CT molecular complexity index is 1040. The maximum absolute atomic E-state index is 11.6. The van der Waals surface area contributed by atoms with Crippen molar-refractivity contribution in [3.05, 3.63) is 65.6 Å². The van der Waals surface area contributed by atoms with E-state index in [4.69, 9.17) is 4.74 Å². The number of nitrogens with one attached hydrogen (secondary N) is 1. The van der Waals surface area contributed by atoms with Crippen LogP contribution >= 0.6 is 11.3 Å². The molecule has 0 unspecified atom stereocenters. The van der Waals surface area contributed by atoms with Gasteiger partial charge >= 0.3 is 0 Å². The van der Waals surface area contributed by atoms with Crippen LogP contribution in [-0.2, 0) is 11.3 Å². The molecule has 0 spiro atoms. The fourth-order valence-electron chi connectivity index (χ4n) is 2.73. The summed E-state index contributed by atoms with van der Waals surface area (Å²) in [5.74, 6) is 0.533. The van der Waals surface area contributed by atoms with Gasteiger partial charge in [0, 0.05) is 23.7 Å². The monoisotopic (exact) mass is 364 g/mol. The number of carbonyl (C=O) groups excluding carboxylic acids is 1. The molecule has 0 saturated heterocycles. The van der Waals surface area contributed by atoms with Gasteiger partial charge in [0.15, 0.2) is 11.4 Å². The Morgan fingerprint density at radius 1 is 1.42 bits per heavy atom. The Balaban J connectivity index is 1.80. The second-order valence-electron chi connectivity index (χ2n) is 5.67. The summed E-state index contributed by atoms with van der Waals surface area (Å²) in [6, 6.07) is 9.54. The summed E-state index contributed by atoms with van der Waals surface area (Å²) in [7, 11) is 0. The van der Waals surface area contributed by atoms with Crippen LogP contribution in [-0.4, -0.2) is 22.1 Å². The molecule has 0 aliphatic carbocycles. The quantitative estimate of drug-likeness (QED) is 0.722. The molecular weight excluding hydrogens is 348 g/mol. The number of hydrogen-bond acceptors (Lipinski definition) is 5. The smallest absolute Gasteiger partial charge is 0.262 e. The molecule has 26 heavy (non-hydrogen) atoms. The van der Waals surface area contributed by atoms with Crippen molar-refractivity contribution in [3.63, 3.8) is 0 Å². The molecule has 1 aliphatic heterocycles. The zero-order chi connectivity index (χ0) is 17.9. The van der Waals surface area contributed by atoms with Crippen molar-refractivity contribution in [2.24, 2.45) is 4.99 Å². The van der Waals surface area contributed by atoms with E-state index < -0.39 is 0 Å². The summed E-state index contributed by atoms with van der Waals surface area (Å²) in [5.41, 5.74) is 3.45. The van der Waals surface area contributed by atoms with Crippen molar-refractivity contribution in [3.8, 4) is 17.0 Å². The van der Waals surface area contributed by atoms with Gasteiger partial charge in [-0.15, -0.1) is 17.9 Å². The van der Waals surface area contributed by atoms with Crippen LogP contribution in [0.5, 0.6) is 5.75 Å². The average molecular weight is 364 g/mol. The van der Waals surface area contributed by atoms with Crippen LogP contribution in [0.3, 0.4) is 0 Å². The van der Waals surface area contributed by atoms with Gasteiger partial charge in [0.2, 0.25) is 0 Å². The lowest BCUT2D eigenvalue weighted by Crippen LogP contribution is -2.25. The Kier molecular flexibility index (Phi) is 4.37. The molecule has 1 N–H and O–H groups in total. The van der Waals surface area contributed by atoms with E-state index in [1.54, 1.807) is 23.7 Å². The van der Waals surface area contributed by atoms with Crippen LogP contribution in [0.15, 0.2) is 65.8 Å². The first-order valence-corrected chi connectivity index (χ1v) is 8.93. The SMILES string of the molecule is C=CCn1c(-c2ccc3c(c2)NC(=O)CO3)csc1=Nc1cccnc1. The number of allylic oxidation sites excluding steroid dienone is 1. The van der Waals surface area contributed by atoms with Gasteiger partial charge in [-0.05, 0) is 30.3 Å². The average Bonchev–Trinajstić information content (AvgIpc) is 3.05. The molecule has 1 amide bonds. The second kappa shape index (κ2) is 6.97. The molecule has 6 nitrogen and oxygen atoms in total. The Morgan fingerprint density at radius 3 is 3.15 bits per heavy atom. The van der Waals surface area contributed by atoms with Gasteiger partial charge in [-0.3, -0.25) is 9.78 Å². The number of benzene rings is 1. The molecule has 130 valence electrons. The van der Waals surface area contributed by atoms with Crippen LogP contribution in [0, 0.1) is 0 Å². The van der Waals surface area contributed by atoms with Crippen LogP contribution in [0.4, 0.5) is 11.4 Å². The number of aromatic nitrogens is 2. The van der Waals surface area contributed by atoms with Crippen molar-refractivity contribution in [1.29, 1.82) is 0 Å². The fraction of sp³-hybridized carbons (Fsp3) is 0.105. The molecular formula is C19H16N4O2S. The molecule has 3 aromatic rings. The first kappa shape index (κ1) is 16.3. The third-order valence-electron chi connectivity index (χ3n) is 3.89. The number of fused-ring (bicyclic) bond motifs is 1. The summed E-state index contributed by atoms with van der Waals surface area (Å²) in [6.45, 7) is 4.53. The zero-order valence-corrected chi connectivity index (χ0v) is 14.7. The molecule has 2 aromatic heterocycles. The van der Waals surface area contributed by atoms with E-state index >= 15 is 0 Å². The van der Waals surface area contributed by atoms with E-state index in [1.165, 1.54) is 0 Å². The Morgan fingerprint density at radius 2 is 2.35 bits per heavy atom. The number of thiazole rings is 1. The topological polar surface area (TPSA) is 68.5 Å². The first-order chi connectivity index (χ1) is 12.7. The minimum atomic E-state index is -0.147. The maximum Gasteiger partial charge on any atom is 0.262 e. The number of anilines is 1. The van der Waals surface area contributed by atoms with Gasteiger partial charge in [-0.25, -0.2) is 4.99 Å². The number of pyridine rings is 1. The highest BCUT2D eigenvalue weighted by atomic mass is 32.1. The van der Waals surface area contributed by atoms with E-state index in [2.05, 4.69) is 26.4 Å². The molecule has 3 heterocycles. The number of hydrogen-bond donors (Lipinski definition) is 1. The second-order valence-corrected chi connectivity index (χ2v) is 6.51. The molecule has 7 heteroatoms. The third kappa shape index (κ3) is 3.16. The third-order valence-corrected chi connectivity index (χ3v) is 4.75. The lowest BCUT2D eigenvalue weighted by atomic mass is 10.1. The summed E-state index contributed by atoms with van der Waals surface area (Å²) in [4.78, 5) is 21.2. The number of rotatable bonds is 4. The number of nitrogens with zero attached hydrogens (tertiary/aromatic N) is 3.